The van der Waals surface area contributed by atoms with E-state index in [2.05, 4.69) is 17.4 Å². The van der Waals surface area contributed by atoms with Crippen molar-refractivity contribution < 1.29 is 29.0 Å². The lowest BCUT2D eigenvalue weighted by atomic mass is 9.78. The van der Waals surface area contributed by atoms with Crippen LogP contribution < -0.4 is 5.32 Å². The fourth-order valence-electron chi connectivity index (χ4n) is 5.46. The number of carboxylic acid groups (broad SMARTS) is 1. The molecule has 2 atom stereocenters. The third-order valence-electron chi connectivity index (χ3n) is 7.22. The molecule has 2 unspecified atom stereocenters. The molecule has 0 bridgehead atoms. The highest BCUT2D eigenvalue weighted by Crippen LogP contribution is 2.44. The second-order valence-electron chi connectivity index (χ2n) is 11.2. The highest BCUT2D eigenvalue weighted by molar-refractivity contribution is 5.79. The standard InChI is InChI=1S/C29H36N2O6/c1-28(2,3)37-27(35)31-15-9-10-19(17-31)29(4,16-25(32)33)30-26(34)36-18-24-22-13-7-5-11-20(22)21-12-6-8-14-23(21)24/h5-8,11-14,19,24H,9-10,15-18H2,1-4H3,(H,30,34)(H,32,33). The fourth-order valence-corrected chi connectivity index (χ4v) is 5.46. The number of alkyl carbamates (subject to hydrolysis) is 1. The molecule has 1 aliphatic carbocycles. The van der Waals surface area contributed by atoms with Gasteiger partial charge in [0.15, 0.2) is 0 Å². The number of aliphatic carboxylic acids is 1. The molecule has 2 aromatic rings. The number of carboxylic acids is 1. The third kappa shape index (κ3) is 6.06. The van der Waals surface area contributed by atoms with E-state index < -0.39 is 29.3 Å². The third-order valence-corrected chi connectivity index (χ3v) is 7.22. The van der Waals surface area contributed by atoms with Crippen LogP contribution >= 0.6 is 0 Å². The van der Waals surface area contributed by atoms with E-state index in [0.29, 0.717) is 25.9 Å². The first-order valence-electron chi connectivity index (χ1n) is 12.8. The van der Waals surface area contributed by atoms with Crippen molar-refractivity contribution in [2.75, 3.05) is 19.7 Å². The molecule has 1 fully saturated rings. The summed E-state index contributed by atoms with van der Waals surface area (Å²) in [6.45, 7) is 8.09. The lowest BCUT2D eigenvalue weighted by molar-refractivity contribution is -0.139. The Hall–Kier alpha value is -3.55. The number of carbonyl (C=O) groups excluding carboxylic acids is 2. The van der Waals surface area contributed by atoms with E-state index in [9.17, 15) is 19.5 Å². The summed E-state index contributed by atoms with van der Waals surface area (Å²) in [5.41, 5.74) is 2.73. The zero-order chi connectivity index (χ0) is 26.8. The summed E-state index contributed by atoms with van der Waals surface area (Å²) in [4.78, 5) is 39.1. The van der Waals surface area contributed by atoms with Gasteiger partial charge < -0.3 is 24.8 Å². The van der Waals surface area contributed by atoms with Crippen LogP contribution in [0.5, 0.6) is 0 Å². The van der Waals surface area contributed by atoms with E-state index >= 15 is 0 Å². The van der Waals surface area contributed by atoms with Crippen molar-refractivity contribution >= 4 is 18.2 Å². The molecule has 2 aliphatic rings. The maximum Gasteiger partial charge on any atom is 0.410 e. The van der Waals surface area contributed by atoms with Crippen molar-refractivity contribution in [1.29, 1.82) is 0 Å². The van der Waals surface area contributed by atoms with Crippen LogP contribution in [-0.2, 0) is 14.3 Å². The minimum atomic E-state index is -1.10. The average Bonchev–Trinajstić information content (AvgIpc) is 3.15. The predicted molar refractivity (Wildman–Crippen MR) is 139 cm³/mol. The zero-order valence-electron chi connectivity index (χ0n) is 22.0. The van der Waals surface area contributed by atoms with Crippen LogP contribution in [0.1, 0.15) is 64.0 Å². The number of amides is 2. The van der Waals surface area contributed by atoms with E-state index in [1.165, 1.54) is 0 Å². The fraction of sp³-hybridized carbons (Fsp3) is 0.483. The van der Waals surface area contributed by atoms with Gasteiger partial charge >= 0.3 is 18.2 Å². The minimum absolute atomic E-state index is 0.0961. The topological polar surface area (TPSA) is 105 Å². The normalized spacial score (nSPS) is 18.8. The Morgan fingerprint density at radius 1 is 1.00 bits per heavy atom. The van der Waals surface area contributed by atoms with Gasteiger partial charge in [-0.05, 0) is 62.8 Å². The maximum atomic E-state index is 13.0. The Morgan fingerprint density at radius 3 is 2.16 bits per heavy atom. The smallest absolute Gasteiger partial charge is 0.410 e. The van der Waals surface area contributed by atoms with E-state index in [1.54, 1.807) is 32.6 Å². The largest absolute Gasteiger partial charge is 0.481 e. The summed E-state index contributed by atoms with van der Waals surface area (Å²) in [5.74, 6) is -1.40. The molecule has 8 nitrogen and oxygen atoms in total. The first-order chi connectivity index (χ1) is 17.5. The van der Waals surface area contributed by atoms with Gasteiger partial charge in [0.1, 0.15) is 12.2 Å². The highest BCUT2D eigenvalue weighted by Gasteiger charge is 2.42. The Bertz CT molecular complexity index is 1130. The molecular formula is C29H36N2O6. The molecule has 37 heavy (non-hydrogen) atoms. The molecule has 1 saturated heterocycles. The lowest BCUT2D eigenvalue weighted by Crippen LogP contribution is -2.58. The van der Waals surface area contributed by atoms with Crippen molar-refractivity contribution in [2.45, 2.75) is 64.0 Å². The van der Waals surface area contributed by atoms with Crippen LogP contribution in [0.4, 0.5) is 9.59 Å². The number of likely N-dealkylation sites (tertiary alicyclic amines) is 1. The number of nitrogens with zero attached hydrogens (tertiary/aromatic N) is 1. The molecule has 2 amide bonds. The molecule has 0 aromatic heterocycles. The number of benzene rings is 2. The van der Waals surface area contributed by atoms with Gasteiger partial charge in [-0.25, -0.2) is 9.59 Å². The number of nitrogens with one attached hydrogen (secondary N) is 1. The number of ether oxygens (including phenoxy) is 2. The first-order valence-corrected chi connectivity index (χ1v) is 12.8. The van der Waals surface area contributed by atoms with Gasteiger partial charge in [0.25, 0.3) is 0 Å². The van der Waals surface area contributed by atoms with Crippen molar-refractivity contribution in [3.05, 3.63) is 59.7 Å². The highest BCUT2D eigenvalue weighted by atomic mass is 16.6. The van der Waals surface area contributed by atoms with Crippen LogP contribution in [0.15, 0.2) is 48.5 Å². The zero-order valence-corrected chi connectivity index (χ0v) is 22.0. The number of rotatable bonds is 6. The van der Waals surface area contributed by atoms with Crippen molar-refractivity contribution in [3.63, 3.8) is 0 Å². The summed E-state index contributed by atoms with van der Waals surface area (Å²) in [5, 5.41) is 12.5. The van der Waals surface area contributed by atoms with Crippen molar-refractivity contribution in [3.8, 4) is 11.1 Å². The molecule has 0 radical (unpaired) electrons. The van der Waals surface area contributed by atoms with Crippen LogP contribution in [0.3, 0.4) is 0 Å². The predicted octanol–water partition coefficient (Wildman–Crippen LogP) is 5.41. The number of piperidine rings is 1. The molecular weight excluding hydrogens is 472 g/mol. The second kappa shape index (κ2) is 10.4. The van der Waals surface area contributed by atoms with Gasteiger partial charge in [-0.1, -0.05) is 48.5 Å². The monoisotopic (exact) mass is 508 g/mol. The van der Waals surface area contributed by atoms with E-state index in [-0.39, 0.29) is 24.9 Å². The Labute approximate surface area is 217 Å². The molecule has 8 heteroatoms. The summed E-state index contributed by atoms with van der Waals surface area (Å²) >= 11 is 0. The quantitative estimate of drug-likeness (QED) is 0.541. The maximum absolute atomic E-state index is 13.0. The van der Waals surface area contributed by atoms with Crippen LogP contribution in [0.2, 0.25) is 0 Å². The molecule has 1 aliphatic heterocycles. The molecule has 0 saturated carbocycles. The Kier molecular flexibility index (Phi) is 7.48. The van der Waals surface area contributed by atoms with Gasteiger partial charge in [-0.2, -0.15) is 0 Å². The molecule has 0 spiro atoms. The summed E-state index contributed by atoms with van der Waals surface area (Å²) in [6.07, 6.45) is -0.0292. The van der Waals surface area contributed by atoms with Gasteiger partial charge in [0, 0.05) is 24.9 Å². The second-order valence-corrected chi connectivity index (χ2v) is 11.2. The molecule has 198 valence electrons. The van der Waals surface area contributed by atoms with Crippen molar-refractivity contribution in [2.24, 2.45) is 5.92 Å². The van der Waals surface area contributed by atoms with E-state index in [1.807, 2.05) is 36.4 Å². The summed E-state index contributed by atoms with van der Waals surface area (Å²) in [7, 11) is 0. The number of fused-ring (bicyclic) bond motifs is 3. The summed E-state index contributed by atoms with van der Waals surface area (Å²) in [6, 6.07) is 16.2. The Balaban J connectivity index is 1.45. The molecule has 2 N–H and O–H groups in total. The average molecular weight is 509 g/mol. The lowest BCUT2D eigenvalue weighted by Gasteiger charge is -2.43. The Morgan fingerprint density at radius 2 is 1.59 bits per heavy atom. The number of hydrogen-bond donors (Lipinski definition) is 2. The van der Waals surface area contributed by atoms with Gasteiger partial charge in [-0.15, -0.1) is 0 Å². The van der Waals surface area contributed by atoms with Crippen molar-refractivity contribution in [1.82, 2.24) is 10.2 Å². The van der Waals surface area contributed by atoms with Crippen LogP contribution in [0.25, 0.3) is 11.1 Å². The molecule has 1 heterocycles. The SMILES string of the molecule is CC(C)(C)OC(=O)N1CCCC(C(C)(CC(=O)O)NC(=O)OCC2c3ccccc3-c3ccccc32)C1. The minimum Gasteiger partial charge on any atom is -0.481 e. The van der Waals surface area contributed by atoms with Gasteiger partial charge in [-0.3, -0.25) is 4.79 Å². The van der Waals surface area contributed by atoms with Crippen LogP contribution in [0, 0.1) is 5.92 Å². The van der Waals surface area contributed by atoms with Gasteiger partial charge in [0.05, 0.1) is 12.0 Å². The molecule has 2 aromatic carbocycles. The van der Waals surface area contributed by atoms with Crippen LogP contribution in [-0.4, -0.2) is 59.0 Å². The van der Waals surface area contributed by atoms with E-state index in [4.69, 9.17) is 9.47 Å². The first kappa shape index (κ1) is 26.5. The number of carbonyl (C=O) groups is 3. The summed E-state index contributed by atoms with van der Waals surface area (Å²) < 4.78 is 11.2. The van der Waals surface area contributed by atoms with Gasteiger partial charge in [0.2, 0.25) is 0 Å². The van der Waals surface area contributed by atoms with E-state index in [0.717, 1.165) is 22.3 Å². The molecule has 4 rings (SSSR count). The number of hydrogen-bond acceptors (Lipinski definition) is 5.